The van der Waals surface area contributed by atoms with Gasteiger partial charge in [-0.1, -0.05) is 24.1 Å². The van der Waals surface area contributed by atoms with Crippen molar-refractivity contribution in [1.29, 1.82) is 0 Å². The fraction of sp³-hybridized carbons (Fsp3) is 0.375. The minimum Gasteiger partial charge on any atom is -0.338 e. The van der Waals surface area contributed by atoms with Crippen molar-refractivity contribution >= 4 is 11.8 Å². The van der Waals surface area contributed by atoms with Gasteiger partial charge in [-0.2, -0.15) is 0 Å². The van der Waals surface area contributed by atoms with Crippen LogP contribution in [0.25, 0.3) is 0 Å². The smallest absolute Gasteiger partial charge is 0.253 e. The zero-order valence-corrected chi connectivity index (χ0v) is 11.9. The van der Waals surface area contributed by atoms with Crippen LogP contribution in [0.15, 0.2) is 30.3 Å². The first-order valence-electron chi connectivity index (χ1n) is 6.98. The number of nitrogens with one attached hydrogen (secondary N) is 1. The predicted molar refractivity (Wildman–Crippen MR) is 80.6 cm³/mol. The Bertz CT molecular complexity index is 528. The Labute approximate surface area is 124 Å². The zero-order chi connectivity index (χ0) is 15.1. The van der Waals surface area contributed by atoms with E-state index >= 15 is 0 Å². The van der Waals surface area contributed by atoms with E-state index in [2.05, 4.69) is 11.2 Å². The molecule has 1 fully saturated rings. The number of hydrogen-bond donors (Lipinski definition) is 1. The molecule has 2 amide bonds. The number of rotatable bonds is 4. The van der Waals surface area contributed by atoms with Crippen LogP contribution in [0.2, 0.25) is 0 Å². The largest absolute Gasteiger partial charge is 0.338 e. The van der Waals surface area contributed by atoms with Gasteiger partial charge in [0.1, 0.15) is 0 Å². The maximum atomic E-state index is 12.3. The number of terminal acetylenes is 1. The molecule has 1 heterocycles. The van der Waals surface area contributed by atoms with Crippen LogP contribution in [0.4, 0.5) is 0 Å². The van der Waals surface area contributed by atoms with Gasteiger partial charge in [0.05, 0.1) is 13.1 Å². The fourth-order valence-electron chi connectivity index (χ4n) is 2.28. The lowest BCUT2D eigenvalue weighted by molar-refractivity contribution is -0.131. The maximum Gasteiger partial charge on any atom is 0.253 e. The molecule has 5 nitrogen and oxygen atoms in total. The van der Waals surface area contributed by atoms with E-state index in [1.54, 1.807) is 9.80 Å². The predicted octanol–water partition coefficient (Wildman–Crippen LogP) is 0.194. The van der Waals surface area contributed by atoms with E-state index in [1.807, 2.05) is 30.3 Å². The Morgan fingerprint density at radius 3 is 2.33 bits per heavy atom. The van der Waals surface area contributed by atoms with Crippen molar-refractivity contribution in [2.45, 2.75) is 0 Å². The number of carbonyl (C=O) groups is 2. The molecule has 1 N–H and O–H groups in total. The number of amides is 2. The van der Waals surface area contributed by atoms with Crippen molar-refractivity contribution in [2.75, 3.05) is 39.3 Å². The molecular weight excluding hydrogens is 266 g/mol. The summed E-state index contributed by atoms with van der Waals surface area (Å²) in [5.41, 5.74) is 0.688. The monoisotopic (exact) mass is 285 g/mol. The molecule has 1 aromatic carbocycles. The van der Waals surface area contributed by atoms with Crippen molar-refractivity contribution in [2.24, 2.45) is 0 Å². The van der Waals surface area contributed by atoms with Crippen LogP contribution >= 0.6 is 0 Å². The molecule has 0 radical (unpaired) electrons. The highest BCUT2D eigenvalue weighted by molar-refractivity contribution is 5.94. The molecule has 1 aliphatic heterocycles. The molecule has 1 aromatic rings. The number of piperazine rings is 1. The maximum absolute atomic E-state index is 12.3. The second-order valence-electron chi connectivity index (χ2n) is 4.85. The number of benzene rings is 1. The van der Waals surface area contributed by atoms with Gasteiger partial charge in [-0.25, -0.2) is 0 Å². The van der Waals surface area contributed by atoms with E-state index in [-0.39, 0.29) is 18.4 Å². The molecule has 0 aliphatic carbocycles. The van der Waals surface area contributed by atoms with E-state index in [1.165, 1.54) is 0 Å². The molecule has 0 aromatic heterocycles. The summed E-state index contributed by atoms with van der Waals surface area (Å²) >= 11 is 0. The lowest BCUT2D eigenvalue weighted by Crippen LogP contribution is -2.52. The third kappa shape index (κ3) is 4.07. The summed E-state index contributed by atoms with van der Waals surface area (Å²) in [7, 11) is 0. The molecule has 1 saturated heterocycles. The highest BCUT2D eigenvalue weighted by Gasteiger charge is 2.24. The summed E-state index contributed by atoms with van der Waals surface area (Å²) in [6, 6.07) is 9.21. The topological polar surface area (TPSA) is 52.7 Å². The average Bonchev–Trinajstić information content (AvgIpc) is 2.55. The van der Waals surface area contributed by atoms with Gasteiger partial charge in [0.2, 0.25) is 5.91 Å². The van der Waals surface area contributed by atoms with Gasteiger partial charge in [0.15, 0.2) is 0 Å². The third-order valence-electron chi connectivity index (χ3n) is 3.44. The van der Waals surface area contributed by atoms with Gasteiger partial charge >= 0.3 is 0 Å². The second-order valence-corrected chi connectivity index (χ2v) is 4.85. The Kier molecular flexibility index (Phi) is 5.35. The van der Waals surface area contributed by atoms with Crippen molar-refractivity contribution in [3.63, 3.8) is 0 Å². The molecule has 0 bridgehead atoms. The first kappa shape index (κ1) is 15.1. The molecule has 0 saturated carbocycles. The van der Waals surface area contributed by atoms with E-state index in [9.17, 15) is 9.59 Å². The minimum absolute atomic E-state index is 0.0214. The van der Waals surface area contributed by atoms with E-state index in [0.717, 1.165) is 0 Å². The highest BCUT2D eigenvalue weighted by atomic mass is 16.2. The van der Waals surface area contributed by atoms with Crippen molar-refractivity contribution in [1.82, 2.24) is 15.1 Å². The first-order chi connectivity index (χ1) is 10.2. The quantitative estimate of drug-likeness (QED) is 0.635. The molecule has 0 spiro atoms. The number of carbonyl (C=O) groups excluding carboxylic acids is 2. The molecular formula is C16H19N3O2. The van der Waals surface area contributed by atoms with Crippen LogP contribution in [-0.2, 0) is 4.79 Å². The average molecular weight is 285 g/mol. The van der Waals surface area contributed by atoms with Crippen molar-refractivity contribution < 1.29 is 9.59 Å². The summed E-state index contributed by atoms with van der Waals surface area (Å²) in [6.45, 7) is 2.89. The molecule has 1 aliphatic rings. The van der Waals surface area contributed by atoms with Crippen LogP contribution in [-0.4, -0.2) is 60.9 Å². The second kappa shape index (κ2) is 7.46. The van der Waals surface area contributed by atoms with E-state index in [4.69, 9.17) is 6.42 Å². The van der Waals surface area contributed by atoms with Crippen LogP contribution in [0.3, 0.4) is 0 Å². The van der Waals surface area contributed by atoms with Crippen LogP contribution < -0.4 is 5.32 Å². The summed E-state index contributed by atoms with van der Waals surface area (Å²) in [5.74, 6) is 2.48. The van der Waals surface area contributed by atoms with Gasteiger partial charge < -0.3 is 9.80 Å². The summed E-state index contributed by atoms with van der Waals surface area (Å²) in [6.07, 6.45) is 5.12. The zero-order valence-electron chi connectivity index (χ0n) is 11.9. The van der Waals surface area contributed by atoms with Crippen LogP contribution in [0.5, 0.6) is 0 Å². The first-order valence-corrected chi connectivity index (χ1v) is 6.98. The third-order valence-corrected chi connectivity index (χ3v) is 3.44. The summed E-state index contributed by atoms with van der Waals surface area (Å²) < 4.78 is 0. The SMILES string of the molecule is C#CCNCC(=O)N1CCN(C(=O)c2ccccc2)CC1. The van der Waals surface area contributed by atoms with Crippen LogP contribution in [0.1, 0.15) is 10.4 Å². The molecule has 0 atom stereocenters. The molecule has 0 unspecified atom stereocenters. The summed E-state index contributed by atoms with van der Waals surface area (Å²) in [5, 5.41) is 2.88. The molecule has 5 heteroatoms. The molecule has 2 rings (SSSR count). The Morgan fingerprint density at radius 2 is 1.71 bits per heavy atom. The van der Waals surface area contributed by atoms with Crippen LogP contribution in [0, 0.1) is 12.3 Å². The Morgan fingerprint density at radius 1 is 1.10 bits per heavy atom. The normalized spacial score (nSPS) is 14.6. The number of nitrogens with zero attached hydrogens (tertiary/aromatic N) is 2. The summed E-state index contributed by atoms with van der Waals surface area (Å²) in [4.78, 5) is 27.7. The standard InChI is InChI=1S/C16H19N3O2/c1-2-8-17-13-15(20)18-9-11-19(12-10-18)16(21)14-6-4-3-5-7-14/h1,3-7,17H,8-13H2. The van der Waals surface area contributed by atoms with E-state index in [0.29, 0.717) is 38.3 Å². The van der Waals surface area contributed by atoms with Gasteiger partial charge in [-0.15, -0.1) is 6.42 Å². The van der Waals surface area contributed by atoms with Gasteiger partial charge in [-0.3, -0.25) is 14.9 Å². The fourth-order valence-corrected chi connectivity index (χ4v) is 2.28. The Balaban J connectivity index is 1.82. The van der Waals surface area contributed by atoms with Crippen molar-refractivity contribution in [3.05, 3.63) is 35.9 Å². The minimum atomic E-state index is 0.0214. The Hall–Kier alpha value is -2.32. The van der Waals surface area contributed by atoms with E-state index < -0.39 is 0 Å². The molecule has 21 heavy (non-hydrogen) atoms. The van der Waals surface area contributed by atoms with Crippen molar-refractivity contribution in [3.8, 4) is 12.3 Å². The lowest BCUT2D eigenvalue weighted by atomic mass is 10.2. The van der Waals surface area contributed by atoms with Gasteiger partial charge in [0, 0.05) is 31.7 Å². The lowest BCUT2D eigenvalue weighted by Gasteiger charge is -2.34. The molecule has 110 valence electrons. The highest BCUT2D eigenvalue weighted by Crippen LogP contribution is 2.08. The number of hydrogen-bond acceptors (Lipinski definition) is 3. The van der Waals surface area contributed by atoms with Gasteiger partial charge in [0.25, 0.3) is 5.91 Å². The van der Waals surface area contributed by atoms with Gasteiger partial charge in [-0.05, 0) is 12.1 Å².